The fourth-order valence-corrected chi connectivity index (χ4v) is 4.94. The van der Waals surface area contributed by atoms with Crippen LogP contribution in [0.2, 0.25) is 0 Å². The quantitative estimate of drug-likeness (QED) is 0.251. The van der Waals surface area contributed by atoms with Crippen molar-refractivity contribution in [2.75, 3.05) is 6.61 Å². The van der Waals surface area contributed by atoms with E-state index in [0.717, 1.165) is 16.7 Å². The maximum Gasteiger partial charge on any atom is 0.519 e. The number of nitrogens with one attached hydrogen (secondary N) is 1. The van der Waals surface area contributed by atoms with Gasteiger partial charge in [0.1, 0.15) is 5.76 Å². The van der Waals surface area contributed by atoms with E-state index in [9.17, 15) is 19.5 Å². The van der Waals surface area contributed by atoms with E-state index in [4.69, 9.17) is 13.6 Å². The van der Waals surface area contributed by atoms with Crippen molar-refractivity contribution in [3.05, 3.63) is 110 Å². The lowest BCUT2D eigenvalue weighted by Gasteiger charge is -2.12. The molecule has 0 saturated carbocycles. The van der Waals surface area contributed by atoms with Crippen LogP contribution in [-0.4, -0.2) is 37.4 Å². The summed E-state index contributed by atoms with van der Waals surface area (Å²) in [6, 6.07) is 18.6. The Labute approximate surface area is 236 Å². The number of carboxylic acid groups (broad SMARTS) is 1. The average molecular weight is 569 g/mol. The maximum atomic E-state index is 12.3. The van der Waals surface area contributed by atoms with E-state index in [1.54, 1.807) is 17.6 Å². The Morgan fingerprint density at radius 1 is 1.02 bits per heavy atom. The Hall–Kier alpha value is -5.65. The summed E-state index contributed by atoms with van der Waals surface area (Å²) in [5.41, 5.74) is 4.82. The van der Waals surface area contributed by atoms with Gasteiger partial charge in [0.05, 0.1) is 29.7 Å². The van der Waals surface area contributed by atoms with E-state index in [1.807, 2.05) is 55.5 Å². The summed E-state index contributed by atoms with van der Waals surface area (Å²) in [4.78, 5) is 42.6. The van der Waals surface area contributed by atoms with Crippen LogP contribution in [0.5, 0.6) is 6.01 Å². The average Bonchev–Trinajstić information content (AvgIpc) is 3.66. The molecule has 3 aromatic heterocycles. The van der Waals surface area contributed by atoms with Crippen LogP contribution in [0.1, 0.15) is 39.9 Å². The van der Waals surface area contributed by atoms with E-state index in [0.29, 0.717) is 46.1 Å². The molecule has 0 aliphatic carbocycles. The Kier molecular flexibility index (Phi) is 6.79. The van der Waals surface area contributed by atoms with Gasteiger partial charge in [-0.15, -0.1) is 0 Å². The summed E-state index contributed by atoms with van der Waals surface area (Å²) < 4.78 is 22.4. The standard InChI is InChI=1S/C30H24N4O8/c1-3-39-28-31-24-19(14-23-16(2)40-30(38)41-23)12-13-22(27(35)36)25(24)34(28)15-17-8-10-18(11-9-17)20-6-4-5-7-21(20)26-32-29(37)42-33-26/h4-13H,3,14-15H2,1-2H3,(H,35,36)(H,32,33,37). The third-order valence-electron chi connectivity index (χ3n) is 6.86. The molecule has 0 fully saturated rings. The van der Waals surface area contributed by atoms with E-state index in [2.05, 4.69) is 19.6 Å². The molecule has 212 valence electrons. The van der Waals surface area contributed by atoms with Crippen molar-refractivity contribution in [3.8, 4) is 28.5 Å². The number of imidazole rings is 1. The zero-order chi connectivity index (χ0) is 29.4. The van der Waals surface area contributed by atoms with Crippen molar-refractivity contribution in [1.82, 2.24) is 19.7 Å². The second-order valence-corrected chi connectivity index (χ2v) is 9.48. The number of carbonyl (C=O) groups is 1. The van der Waals surface area contributed by atoms with E-state index in [-0.39, 0.29) is 24.5 Å². The molecular weight excluding hydrogens is 544 g/mol. The Morgan fingerprint density at radius 2 is 1.79 bits per heavy atom. The molecule has 0 aliphatic rings. The van der Waals surface area contributed by atoms with Gasteiger partial charge in [-0.05, 0) is 42.2 Å². The third-order valence-corrected chi connectivity index (χ3v) is 6.86. The van der Waals surface area contributed by atoms with E-state index in [1.165, 1.54) is 6.07 Å². The third kappa shape index (κ3) is 4.89. The fraction of sp³-hybridized carbons (Fsp3) is 0.167. The summed E-state index contributed by atoms with van der Waals surface area (Å²) in [5, 5.41) is 13.8. The monoisotopic (exact) mass is 568 g/mol. The first-order valence-electron chi connectivity index (χ1n) is 13.0. The summed E-state index contributed by atoms with van der Waals surface area (Å²) in [6.07, 6.45) is 0.182. The molecule has 0 aliphatic heterocycles. The van der Waals surface area contributed by atoms with Gasteiger partial charge in [-0.25, -0.2) is 14.4 Å². The second-order valence-electron chi connectivity index (χ2n) is 9.48. The first-order chi connectivity index (χ1) is 20.3. The molecule has 0 atom stereocenters. The first kappa shape index (κ1) is 26.6. The molecule has 12 nitrogen and oxygen atoms in total. The topological polar surface area (TPSA) is 167 Å². The summed E-state index contributed by atoms with van der Waals surface area (Å²) in [6.45, 7) is 4.03. The molecule has 3 aromatic carbocycles. The molecule has 6 aromatic rings. The molecule has 0 amide bonds. The molecule has 3 heterocycles. The van der Waals surface area contributed by atoms with Crippen LogP contribution < -0.4 is 16.3 Å². The Morgan fingerprint density at radius 3 is 2.43 bits per heavy atom. The lowest BCUT2D eigenvalue weighted by Crippen LogP contribution is -2.08. The molecule has 0 radical (unpaired) electrons. The number of fused-ring (bicyclic) bond motifs is 1. The van der Waals surface area contributed by atoms with Crippen LogP contribution in [0.3, 0.4) is 0 Å². The van der Waals surface area contributed by atoms with Crippen LogP contribution in [0, 0.1) is 6.92 Å². The lowest BCUT2D eigenvalue weighted by molar-refractivity contribution is 0.0698. The molecule has 12 heteroatoms. The van der Waals surface area contributed by atoms with Crippen molar-refractivity contribution >= 4 is 17.0 Å². The normalized spacial score (nSPS) is 11.3. The highest BCUT2D eigenvalue weighted by atomic mass is 16.6. The van der Waals surface area contributed by atoms with Crippen LogP contribution >= 0.6 is 0 Å². The minimum atomic E-state index is -1.11. The molecule has 0 unspecified atom stereocenters. The molecule has 42 heavy (non-hydrogen) atoms. The number of aromatic nitrogens is 4. The van der Waals surface area contributed by atoms with Crippen LogP contribution in [0.15, 0.2) is 83.6 Å². The minimum absolute atomic E-state index is 0.0599. The number of aryl methyl sites for hydroxylation is 1. The molecule has 0 bridgehead atoms. The lowest BCUT2D eigenvalue weighted by atomic mass is 9.98. The van der Waals surface area contributed by atoms with Crippen LogP contribution in [0.4, 0.5) is 0 Å². The van der Waals surface area contributed by atoms with Crippen molar-refractivity contribution < 1.29 is 28.0 Å². The van der Waals surface area contributed by atoms with E-state index < -0.39 is 17.5 Å². The Balaban J connectivity index is 1.41. The van der Waals surface area contributed by atoms with Gasteiger partial charge in [0.25, 0.3) is 6.01 Å². The number of aromatic amines is 1. The number of carboxylic acids is 1. The Bertz CT molecular complexity index is 2040. The predicted octanol–water partition coefficient (Wildman–Crippen LogP) is 4.64. The second kappa shape index (κ2) is 10.7. The zero-order valence-electron chi connectivity index (χ0n) is 22.5. The van der Waals surface area contributed by atoms with Gasteiger partial charge >= 0.3 is 17.5 Å². The summed E-state index contributed by atoms with van der Waals surface area (Å²) in [7, 11) is 0. The summed E-state index contributed by atoms with van der Waals surface area (Å²) in [5.74, 6) is -1.55. The first-order valence-corrected chi connectivity index (χ1v) is 13.0. The van der Waals surface area contributed by atoms with Gasteiger partial charge in [-0.1, -0.05) is 59.8 Å². The van der Waals surface area contributed by atoms with Crippen molar-refractivity contribution in [1.29, 1.82) is 0 Å². The number of hydrogen-bond acceptors (Lipinski definition) is 9. The van der Waals surface area contributed by atoms with E-state index >= 15 is 0 Å². The zero-order valence-corrected chi connectivity index (χ0v) is 22.5. The largest absolute Gasteiger partial charge is 0.519 e. The van der Waals surface area contributed by atoms with Crippen molar-refractivity contribution in [2.45, 2.75) is 26.8 Å². The molecular formula is C30H24N4O8. The SMILES string of the molecule is CCOc1nc2c(Cc3oc(=O)oc3C)ccc(C(=O)O)c2n1Cc1ccc(-c2ccccc2-c2noc(=O)[nH]2)cc1. The fourth-order valence-electron chi connectivity index (χ4n) is 4.94. The van der Waals surface area contributed by atoms with Crippen molar-refractivity contribution in [3.63, 3.8) is 0 Å². The molecule has 0 spiro atoms. The predicted molar refractivity (Wildman–Crippen MR) is 150 cm³/mol. The number of hydrogen-bond donors (Lipinski definition) is 2. The maximum absolute atomic E-state index is 12.3. The number of aromatic carboxylic acids is 1. The van der Waals surface area contributed by atoms with Gasteiger partial charge in [0.15, 0.2) is 11.6 Å². The molecule has 2 N–H and O–H groups in total. The van der Waals surface area contributed by atoms with Gasteiger partial charge in [-0.2, -0.15) is 4.98 Å². The van der Waals surface area contributed by atoms with Gasteiger partial charge < -0.3 is 18.7 Å². The van der Waals surface area contributed by atoms with Gasteiger partial charge in [0.2, 0.25) is 0 Å². The number of nitrogens with zero attached hydrogens (tertiary/aromatic N) is 3. The minimum Gasteiger partial charge on any atom is -0.478 e. The number of rotatable bonds is 9. The number of H-pyrrole nitrogens is 1. The molecule has 0 saturated heterocycles. The van der Waals surface area contributed by atoms with Gasteiger partial charge in [-0.3, -0.25) is 14.1 Å². The highest BCUT2D eigenvalue weighted by Crippen LogP contribution is 2.33. The summed E-state index contributed by atoms with van der Waals surface area (Å²) >= 11 is 0. The number of benzene rings is 3. The number of ether oxygens (including phenoxy) is 1. The smallest absolute Gasteiger partial charge is 0.478 e. The van der Waals surface area contributed by atoms with Gasteiger partial charge in [0, 0.05) is 12.0 Å². The van der Waals surface area contributed by atoms with Crippen molar-refractivity contribution in [2.24, 2.45) is 0 Å². The van der Waals surface area contributed by atoms with Crippen LogP contribution in [0.25, 0.3) is 33.5 Å². The van der Waals surface area contributed by atoms with Crippen LogP contribution in [-0.2, 0) is 13.0 Å². The molecule has 6 rings (SSSR count). The highest BCUT2D eigenvalue weighted by molar-refractivity contribution is 6.02. The highest BCUT2D eigenvalue weighted by Gasteiger charge is 2.23.